The van der Waals surface area contributed by atoms with Gasteiger partial charge in [-0.2, -0.15) is 0 Å². The number of rotatable bonds is 7. The minimum atomic E-state index is -4.02. The molecule has 9 heteroatoms. The summed E-state index contributed by atoms with van der Waals surface area (Å²) in [5, 5.41) is 0.434. The smallest absolute Gasteiger partial charge is 0.264 e. The Balaban J connectivity index is 1.99. The molecule has 0 aromatic heterocycles. The predicted molar refractivity (Wildman–Crippen MR) is 118 cm³/mol. The predicted octanol–water partition coefficient (Wildman–Crippen LogP) is 2.71. The van der Waals surface area contributed by atoms with Crippen molar-refractivity contribution in [3.8, 4) is 5.75 Å². The number of piperazine rings is 1. The molecule has 1 saturated heterocycles. The molecule has 0 radical (unpaired) electrons. The Kier molecular flexibility index (Phi) is 7.23. The normalized spacial score (nSPS) is 15.1. The molecule has 0 saturated carbocycles. The Morgan fingerprint density at radius 3 is 2.33 bits per heavy atom. The molecule has 162 valence electrons. The SMILES string of the molecule is CCOc1ccccc1N(CC(=O)N1CCN(C)CC1)S(=O)(=O)c1ccc(Cl)cc1. The van der Waals surface area contributed by atoms with E-state index in [0.29, 0.717) is 36.2 Å². The maximum atomic E-state index is 13.5. The summed E-state index contributed by atoms with van der Waals surface area (Å²) in [7, 11) is -2.02. The Morgan fingerprint density at radius 2 is 1.70 bits per heavy atom. The van der Waals surface area contributed by atoms with E-state index in [-0.39, 0.29) is 17.3 Å². The van der Waals surface area contributed by atoms with Crippen LogP contribution in [0.1, 0.15) is 6.92 Å². The molecule has 1 amide bonds. The molecule has 0 aliphatic carbocycles. The van der Waals surface area contributed by atoms with Gasteiger partial charge in [0.15, 0.2) is 0 Å². The van der Waals surface area contributed by atoms with E-state index in [1.54, 1.807) is 29.2 Å². The van der Waals surface area contributed by atoms with Gasteiger partial charge >= 0.3 is 0 Å². The van der Waals surface area contributed by atoms with Crippen molar-refractivity contribution < 1.29 is 17.9 Å². The van der Waals surface area contributed by atoms with Crippen molar-refractivity contribution in [2.45, 2.75) is 11.8 Å². The number of hydrogen-bond donors (Lipinski definition) is 0. The van der Waals surface area contributed by atoms with Crippen LogP contribution < -0.4 is 9.04 Å². The van der Waals surface area contributed by atoms with Crippen LogP contribution in [0.15, 0.2) is 53.4 Å². The number of nitrogens with zero attached hydrogens (tertiary/aromatic N) is 3. The lowest BCUT2D eigenvalue weighted by Gasteiger charge is -2.34. The molecule has 30 heavy (non-hydrogen) atoms. The van der Waals surface area contributed by atoms with E-state index in [1.807, 2.05) is 14.0 Å². The summed E-state index contributed by atoms with van der Waals surface area (Å²) in [6.45, 7) is 4.53. The maximum Gasteiger partial charge on any atom is 0.264 e. The second-order valence-corrected chi connectivity index (χ2v) is 9.35. The first-order valence-corrected chi connectivity index (χ1v) is 11.6. The number of carbonyl (C=O) groups is 1. The second kappa shape index (κ2) is 9.68. The summed E-state index contributed by atoms with van der Waals surface area (Å²) in [5.74, 6) is 0.163. The summed E-state index contributed by atoms with van der Waals surface area (Å²) in [6.07, 6.45) is 0. The number of sulfonamides is 1. The standard InChI is InChI=1S/C21H26ClN3O4S/c1-3-29-20-7-5-4-6-19(20)25(16-21(26)24-14-12-23(2)13-15-24)30(27,28)18-10-8-17(22)9-11-18/h4-11H,3,12-16H2,1-2H3. The number of halogens is 1. The van der Waals surface area contributed by atoms with Gasteiger partial charge in [0.25, 0.3) is 10.0 Å². The minimum absolute atomic E-state index is 0.0596. The van der Waals surface area contributed by atoms with Crippen LogP contribution in [0.3, 0.4) is 0 Å². The van der Waals surface area contributed by atoms with E-state index in [1.165, 1.54) is 24.3 Å². The fourth-order valence-electron chi connectivity index (χ4n) is 3.25. The number of ether oxygens (including phenoxy) is 1. The molecule has 1 fully saturated rings. The van der Waals surface area contributed by atoms with Crippen molar-refractivity contribution in [1.29, 1.82) is 0 Å². The van der Waals surface area contributed by atoms with Crippen molar-refractivity contribution in [2.24, 2.45) is 0 Å². The van der Waals surface area contributed by atoms with Crippen LogP contribution in [-0.2, 0) is 14.8 Å². The zero-order chi connectivity index (χ0) is 21.7. The Hall–Kier alpha value is -2.29. The average molecular weight is 452 g/mol. The molecule has 0 N–H and O–H groups in total. The van der Waals surface area contributed by atoms with E-state index in [9.17, 15) is 13.2 Å². The molecule has 0 bridgehead atoms. The molecule has 2 aromatic rings. The summed E-state index contributed by atoms with van der Waals surface area (Å²) in [6, 6.07) is 12.8. The van der Waals surface area contributed by atoms with Gasteiger partial charge in [0.05, 0.1) is 17.2 Å². The molecule has 0 atom stereocenters. The van der Waals surface area contributed by atoms with Crippen LogP contribution in [0.25, 0.3) is 0 Å². The van der Waals surface area contributed by atoms with Gasteiger partial charge in [0.2, 0.25) is 5.91 Å². The van der Waals surface area contributed by atoms with Crippen LogP contribution in [-0.4, -0.2) is 70.5 Å². The van der Waals surface area contributed by atoms with Gasteiger partial charge in [0.1, 0.15) is 12.3 Å². The highest BCUT2D eigenvalue weighted by atomic mass is 35.5. The first kappa shape index (κ1) is 22.4. The molecule has 2 aromatic carbocycles. The molecule has 1 aliphatic heterocycles. The summed E-state index contributed by atoms with van der Waals surface area (Å²) in [5.41, 5.74) is 0.330. The zero-order valence-electron chi connectivity index (χ0n) is 17.1. The van der Waals surface area contributed by atoms with E-state index < -0.39 is 10.0 Å². The number of hydrogen-bond acceptors (Lipinski definition) is 5. The number of anilines is 1. The monoisotopic (exact) mass is 451 g/mol. The third kappa shape index (κ3) is 5.06. The topological polar surface area (TPSA) is 70.2 Å². The van der Waals surface area contributed by atoms with Crippen molar-refractivity contribution >= 4 is 33.2 Å². The summed E-state index contributed by atoms with van der Waals surface area (Å²) in [4.78, 5) is 16.9. The van der Waals surface area contributed by atoms with E-state index in [4.69, 9.17) is 16.3 Å². The van der Waals surface area contributed by atoms with E-state index >= 15 is 0 Å². The second-order valence-electron chi connectivity index (χ2n) is 7.05. The molecule has 0 spiro atoms. The highest BCUT2D eigenvalue weighted by Gasteiger charge is 2.31. The average Bonchev–Trinajstić information content (AvgIpc) is 2.73. The van der Waals surface area contributed by atoms with Crippen LogP contribution in [0.4, 0.5) is 5.69 Å². The minimum Gasteiger partial charge on any atom is -0.492 e. The molecular weight excluding hydrogens is 426 g/mol. The van der Waals surface area contributed by atoms with Crippen LogP contribution in [0, 0.1) is 0 Å². The van der Waals surface area contributed by atoms with Crippen molar-refractivity contribution in [3.63, 3.8) is 0 Å². The molecule has 3 rings (SSSR count). The lowest BCUT2D eigenvalue weighted by atomic mass is 10.2. The number of amides is 1. The van der Waals surface area contributed by atoms with Gasteiger partial charge in [-0.1, -0.05) is 23.7 Å². The first-order valence-electron chi connectivity index (χ1n) is 9.79. The first-order chi connectivity index (χ1) is 14.3. The van der Waals surface area contributed by atoms with Gasteiger partial charge in [-0.3, -0.25) is 9.10 Å². The lowest BCUT2D eigenvalue weighted by molar-refractivity contribution is -0.131. The van der Waals surface area contributed by atoms with E-state index in [2.05, 4.69) is 4.90 Å². The third-order valence-electron chi connectivity index (χ3n) is 4.97. The molecule has 7 nitrogen and oxygen atoms in total. The number of benzene rings is 2. The quantitative estimate of drug-likeness (QED) is 0.647. The fourth-order valence-corrected chi connectivity index (χ4v) is 4.80. The Bertz CT molecular complexity index is 974. The maximum absolute atomic E-state index is 13.5. The van der Waals surface area contributed by atoms with Gasteiger partial charge in [-0.05, 0) is 50.4 Å². The number of carbonyl (C=O) groups excluding carboxylic acids is 1. The lowest BCUT2D eigenvalue weighted by Crippen LogP contribution is -2.50. The number of likely N-dealkylation sites (N-methyl/N-ethyl adjacent to an activating group) is 1. The van der Waals surface area contributed by atoms with Crippen LogP contribution in [0.5, 0.6) is 5.75 Å². The molecular formula is C21H26ClN3O4S. The van der Waals surface area contributed by atoms with Gasteiger partial charge in [0, 0.05) is 31.2 Å². The highest BCUT2D eigenvalue weighted by molar-refractivity contribution is 7.92. The molecule has 1 heterocycles. The molecule has 1 aliphatic rings. The Labute approximate surface area is 182 Å². The van der Waals surface area contributed by atoms with Gasteiger partial charge < -0.3 is 14.5 Å². The third-order valence-corrected chi connectivity index (χ3v) is 7.00. The van der Waals surface area contributed by atoms with Gasteiger partial charge in [-0.15, -0.1) is 0 Å². The Morgan fingerprint density at radius 1 is 1.07 bits per heavy atom. The van der Waals surface area contributed by atoms with Crippen LogP contribution in [0.2, 0.25) is 5.02 Å². The van der Waals surface area contributed by atoms with Crippen molar-refractivity contribution in [3.05, 3.63) is 53.6 Å². The van der Waals surface area contributed by atoms with E-state index in [0.717, 1.165) is 17.4 Å². The molecule has 0 unspecified atom stereocenters. The zero-order valence-corrected chi connectivity index (χ0v) is 18.7. The highest BCUT2D eigenvalue weighted by Crippen LogP contribution is 2.33. The summed E-state index contributed by atoms with van der Waals surface area (Å²) < 4.78 is 33.8. The largest absolute Gasteiger partial charge is 0.492 e. The van der Waals surface area contributed by atoms with Crippen molar-refractivity contribution in [1.82, 2.24) is 9.80 Å². The fraction of sp³-hybridized carbons (Fsp3) is 0.381. The van der Waals surface area contributed by atoms with Crippen LogP contribution >= 0.6 is 11.6 Å². The summed E-state index contributed by atoms with van der Waals surface area (Å²) >= 11 is 5.93. The number of para-hydroxylation sites is 2. The van der Waals surface area contributed by atoms with Gasteiger partial charge in [-0.25, -0.2) is 8.42 Å². The van der Waals surface area contributed by atoms with Crippen molar-refractivity contribution in [2.75, 3.05) is 50.7 Å².